The number of carbonyl (C=O) groups is 2. The zero-order valence-corrected chi connectivity index (χ0v) is 11.5. The van der Waals surface area contributed by atoms with Gasteiger partial charge in [-0.1, -0.05) is 18.2 Å². The van der Waals surface area contributed by atoms with Crippen molar-refractivity contribution in [1.82, 2.24) is 15.5 Å². The number of carbonyl (C=O) groups excluding carboxylic acids is 2. The maximum absolute atomic E-state index is 11.7. The molecule has 0 fully saturated rings. The van der Waals surface area contributed by atoms with E-state index in [1.165, 1.54) is 0 Å². The smallest absolute Gasteiger partial charge is 0.257 e. The van der Waals surface area contributed by atoms with Crippen molar-refractivity contribution in [2.45, 2.75) is 6.42 Å². The second-order valence-corrected chi connectivity index (χ2v) is 4.44. The number of nitrogens with one attached hydrogen (secondary N) is 2. The molecule has 0 saturated carbocycles. The van der Waals surface area contributed by atoms with Crippen LogP contribution in [0.3, 0.4) is 0 Å². The summed E-state index contributed by atoms with van der Waals surface area (Å²) in [6.45, 7) is 1.95. The molecule has 1 aromatic carbocycles. The number of likely N-dealkylation sites (N-methyl/N-ethyl adjacent to an activating group) is 1. The van der Waals surface area contributed by atoms with Crippen molar-refractivity contribution in [3.8, 4) is 0 Å². The highest BCUT2D eigenvalue weighted by Gasteiger charge is 2.11. The third-order valence-electron chi connectivity index (χ3n) is 2.67. The topological polar surface area (TPSA) is 61.4 Å². The summed E-state index contributed by atoms with van der Waals surface area (Å²) in [7, 11) is 3.76. The molecular weight excluding hydrogens is 242 g/mol. The molecule has 2 N–H and O–H groups in total. The number of hydrogen-bond acceptors (Lipinski definition) is 4. The van der Waals surface area contributed by atoms with Gasteiger partial charge in [0, 0.05) is 5.56 Å². The average Bonchev–Trinajstić information content (AvgIpc) is 2.39. The van der Waals surface area contributed by atoms with Crippen molar-refractivity contribution < 1.29 is 9.59 Å². The molecule has 0 aliphatic rings. The van der Waals surface area contributed by atoms with Crippen LogP contribution in [0.2, 0.25) is 0 Å². The van der Waals surface area contributed by atoms with E-state index in [-0.39, 0.29) is 18.4 Å². The normalized spacial score (nSPS) is 10.5. The molecule has 0 spiro atoms. The maximum atomic E-state index is 11.7. The molecule has 5 heteroatoms. The van der Waals surface area contributed by atoms with Gasteiger partial charge in [-0.15, -0.1) is 0 Å². The van der Waals surface area contributed by atoms with Crippen molar-refractivity contribution in [1.29, 1.82) is 0 Å². The third-order valence-corrected chi connectivity index (χ3v) is 2.67. The standard InChI is InChI=1S/C14H21N3O2/c1-15-9-6-10-17(2)11-13(18)16-14(19)12-7-4-3-5-8-12/h3-5,7-8,15H,6,9-11H2,1-2H3,(H,16,18,19). The van der Waals surface area contributed by atoms with Crippen molar-refractivity contribution in [2.24, 2.45) is 0 Å². The molecule has 19 heavy (non-hydrogen) atoms. The first-order chi connectivity index (χ1) is 9.13. The lowest BCUT2D eigenvalue weighted by Gasteiger charge is -2.15. The van der Waals surface area contributed by atoms with Crippen molar-refractivity contribution >= 4 is 11.8 Å². The van der Waals surface area contributed by atoms with Gasteiger partial charge in [-0.2, -0.15) is 0 Å². The number of nitrogens with zero attached hydrogens (tertiary/aromatic N) is 1. The highest BCUT2D eigenvalue weighted by Crippen LogP contribution is 1.97. The first-order valence-electron chi connectivity index (χ1n) is 6.36. The van der Waals surface area contributed by atoms with Gasteiger partial charge < -0.3 is 5.32 Å². The summed E-state index contributed by atoms with van der Waals surface area (Å²) in [5.41, 5.74) is 0.494. The van der Waals surface area contributed by atoms with Gasteiger partial charge in [0.2, 0.25) is 5.91 Å². The van der Waals surface area contributed by atoms with Gasteiger partial charge in [0.1, 0.15) is 0 Å². The van der Waals surface area contributed by atoms with E-state index in [1.54, 1.807) is 24.3 Å². The van der Waals surface area contributed by atoms with Crippen LogP contribution in [-0.4, -0.2) is 50.4 Å². The van der Waals surface area contributed by atoms with E-state index in [9.17, 15) is 9.59 Å². The number of amides is 2. The summed E-state index contributed by atoms with van der Waals surface area (Å²) in [4.78, 5) is 25.3. The summed E-state index contributed by atoms with van der Waals surface area (Å²) in [5, 5.41) is 5.43. The fourth-order valence-corrected chi connectivity index (χ4v) is 1.68. The van der Waals surface area contributed by atoms with Gasteiger partial charge in [0.15, 0.2) is 0 Å². The first kappa shape index (κ1) is 15.3. The van der Waals surface area contributed by atoms with Crippen LogP contribution in [0.4, 0.5) is 0 Å². The van der Waals surface area contributed by atoms with Gasteiger partial charge in [0.25, 0.3) is 5.91 Å². The SMILES string of the molecule is CNCCCN(C)CC(=O)NC(=O)c1ccccc1. The molecule has 104 valence electrons. The Hall–Kier alpha value is -1.72. The van der Waals surface area contributed by atoms with Crippen LogP contribution in [0.25, 0.3) is 0 Å². The summed E-state index contributed by atoms with van der Waals surface area (Å²) in [6, 6.07) is 8.72. The lowest BCUT2D eigenvalue weighted by Crippen LogP contribution is -2.39. The van der Waals surface area contributed by atoms with E-state index in [2.05, 4.69) is 10.6 Å². The molecule has 1 aromatic rings. The maximum Gasteiger partial charge on any atom is 0.257 e. The highest BCUT2D eigenvalue weighted by molar-refractivity contribution is 6.05. The molecule has 0 aliphatic heterocycles. The van der Waals surface area contributed by atoms with E-state index in [1.807, 2.05) is 25.1 Å². The van der Waals surface area contributed by atoms with Gasteiger partial charge in [-0.25, -0.2) is 0 Å². The largest absolute Gasteiger partial charge is 0.320 e. The first-order valence-corrected chi connectivity index (χ1v) is 6.36. The van der Waals surface area contributed by atoms with Crippen molar-refractivity contribution in [2.75, 3.05) is 33.7 Å². The monoisotopic (exact) mass is 263 g/mol. The lowest BCUT2D eigenvalue weighted by atomic mass is 10.2. The molecule has 0 radical (unpaired) electrons. The average molecular weight is 263 g/mol. The predicted molar refractivity (Wildman–Crippen MR) is 75.0 cm³/mol. The second kappa shape index (κ2) is 8.39. The fourth-order valence-electron chi connectivity index (χ4n) is 1.68. The van der Waals surface area contributed by atoms with Gasteiger partial charge in [-0.3, -0.25) is 19.8 Å². The summed E-state index contributed by atoms with van der Waals surface area (Å²) < 4.78 is 0. The van der Waals surface area contributed by atoms with Crippen molar-refractivity contribution in [3.05, 3.63) is 35.9 Å². The Morgan fingerprint density at radius 2 is 1.89 bits per heavy atom. The fraction of sp³-hybridized carbons (Fsp3) is 0.429. The number of rotatable bonds is 7. The quantitative estimate of drug-likeness (QED) is 0.703. The Balaban J connectivity index is 2.33. The molecule has 1 rings (SSSR count). The van der Waals surface area contributed by atoms with E-state index in [0.717, 1.165) is 19.5 Å². The summed E-state index contributed by atoms with van der Waals surface area (Å²) in [5.74, 6) is -0.630. The van der Waals surface area contributed by atoms with E-state index >= 15 is 0 Å². The molecule has 0 saturated heterocycles. The van der Waals surface area contributed by atoms with Crippen molar-refractivity contribution in [3.63, 3.8) is 0 Å². The van der Waals surface area contributed by atoms with E-state index in [4.69, 9.17) is 0 Å². The molecular formula is C14H21N3O2. The molecule has 5 nitrogen and oxygen atoms in total. The predicted octanol–water partition coefficient (Wildman–Crippen LogP) is 0.484. The number of imide groups is 1. The zero-order chi connectivity index (χ0) is 14.1. The molecule has 0 heterocycles. The van der Waals surface area contributed by atoms with Crippen LogP contribution in [0.1, 0.15) is 16.8 Å². The van der Waals surface area contributed by atoms with Gasteiger partial charge in [-0.05, 0) is 45.7 Å². The van der Waals surface area contributed by atoms with Crippen LogP contribution >= 0.6 is 0 Å². The Bertz CT molecular complexity index is 406. The zero-order valence-electron chi connectivity index (χ0n) is 11.5. The molecule has 0 atom stereocenters. The minimum Gasteiger partial charge on any atom is -0.320 e. The van der Waals surface area contributed by atoms with E-state index < -0.39 is 0 Å². The van der Waals surface area contributed by atoms with Gasteiger partial charge in [0.05, 0.1) is 6.54 Å². The second-order valence-electron chi connectivity index (χ2n) is 4.44. The Morgan fingerprint density at radius 3 is 2.53 bits per heavy atom. The van der Waals surface area contributed by atoms with Crippen LogP contribution in [0.5, 0.6) is 0 Å². The lowest BCUT2D eigenvalue weighted by molar-refractivity contribution is -0.121. The Kier molecular flexibility index (Phi) is 6.78. The van der Waals surface area contributed by atoms with Crippen LogP contribution in [-0.2, 0) is 4.79 Å². The number of hydrogen-bond donors (Lipinski definition) is 2. The molecule has 2 amide bonds. The molecule has 0 aromatic heterocycles. The minimum atomic E-state index is -0.353. The van der Waals surface area contributed by atoms with Gasteiger partial charge >= 0.3 is 0 Å². The van der Waals surface area contributed by atoms with Crippen LogP contribution < -0.4 is 10.6 Å². The molecule has 0 unspecified atom stereocenters. The molecule has 0 aliphatic carbocycles. The van der Waals surface area contributed by atoms with E-state index in [0.29, 0.717) is 5.56 Å². The Morgan fingerprint density at radius 1 is 1.21 bits per heavy atom. The minimum absolute atomic E-state index is 0.224. The summed E-state index contributed by atoms with van der Waals surface area (Å²) >= 11 is 0. The summed E-state index contributed by atoms with van der Waals surface area (Å²) in [6.07, 6.45) is 0.965. The Labute approximate surface area is 114 Å². The van der Waals surface area contributed by atoms with Crippen LogP contribution in [0, 0.1) is 0 Å². The third kappa shape index (κ3) is 6.13. The number of benzene rings is 1. The van der Waals surface area contributed by atoms with Crippen LogP contribution in [0.15, 0.2) is 30.3 Å². The highest BCUT2D eigenvalue weighted by atomic mass is 16.2. The molecule has 0 bridgehead atoms.